The highest BCUT2D eigenvalue weighted by Crippen LogP contribution is 2.33. The number of benzene rings is 1. The lowest BCUT2D eigenvalue weighted by atomic mass is 10.1. The smallest absolute Gasteiger partial charge is 0.352 e. The average Bonchev–Trinajstić information content (AvgIpc) is 2.92. The van der Waals surface area contributed by atoms with Gasteiger partial charge in [-0.3, -0.25) is 4.99 Å². The monoisotopic (exact) mass is 363 g/mol. The molecule has 0 saturated carbocycles. The van der Waals surface area contributed by atoms with Gasteiger partial charge in [0.25, 0.3) is 0 Å². The van der Waals surface area contributed by atoms with E-state index in [2.05, 4.69) is 26.6 Å². The van der Waals surface area contributed by atoms with Crippen LogP contribution in [0.4, 0.5) is 13.2 Å². The number of rotatable bonds is 4. The molecule has 1 heterocycles. The number of alkyl halides is 3. The molecule has 138 valence electrons. The Morgan fingerprint density at radius 2 is 2.00 bits per heavy atom. The number of terminal acetylenes is 1. The highest BCUT2D eigenvalue weighted by atomic mass is 19.4. The molecule has 0 aliphatic rings. The van der Waals surface area contributed by atoms with Crippen LogP contribution in [-0.4, -0.2) is 29.3 Å². The second kappa shape index (κ2) is 7.95. The average molecular weight is 363 g/mol. The van der Waals surface area contributed by atoms with Crippen molar-refractivity contribution in [3.63, 3.8) is 0 Å². The summed E-state index contributed by atoms with van der Waals surface area (Å²) in [6.07, 6.45) is 0.666. The van der Waals surface area contributed by atoms with Crippen molar-refractivity contribution in [2.24, 2.45) is 4.99 Å². The molecular formula is C18H20F3N5. The Hall–Kier alpha value is -2.95. The standard InChI is InChI=1S/C18H20F3N5/c1-5-8-23-17(22-4)24-11-14-6-7-15(10-16(14)18(19,20)21)26-13(3)9-12(2)25-26/h1,6-7,9-10H,8,11H2,2-4H3,(H2,22,23,24). The third kappa shape index (κ3) is 4.57. The Kier molecular flexibility index (Phi) is 5.93. The van der Waals surface area contributed by atoms with Gasteiger partial charge < -0.3 is 10.6 Å². The van der Waals surface area contributed by atoms with Crippen LogP contribution in [-0.2, 0) is 12.7 Å². The number of aromatic nitrogens is 2. The first kappa shape index (κ1) is 19.4. The first-order chi connectivity index (χ1) is 12.3. The van der Waals surface area contributed by atoms with E-state index in [1.54, 1.807) is 19.9 Å². The molecule has 8 heteroatoms. The topological polar surface area (TPSA) is 54.2 Å². The first-order valence-corrected chi connectivity index (χ1v) is 7.88. The molecule has 0 unspecified atom stereocenters. The van der Waals surface area contributed by atoms with Crippen molar-refractivity contribution in [1.82, 2.24) is 20.4 Å². The Labute approximate surface area is 150 Å². The van der Waals surface area contributed by atoms with E-state index in [1.807, 2.05) is 6.07 Å². The molecule has 2 aromatic rings. The first-order valence-electron chi connectivity index (χ1n) is 7.88. The second-order valence-electron chi connectivity index (χ2n) is 5.66. The van der Waals surface area contributed by atoms with Gasteiger partial charge >= 0.3 is 6.18 Å². The number of nitrogens with zero attached hydrogens (tertiary/aromatic N) is 3. The summed E-state index contributed by atoms with van der Waals surface area (Å²) in [6, 6.07) is 5.97. The van der Waals surface area contributed by atoms with Crippen molar-refractivity contribution in [3.8, 4) is 18.0 Å². The number of aryl methyl sites for hydroxylation is 2. The molecule has 26 heavy (non-hydrogen) atoms. The van der Waals surface area contributed by atoms with Crippen LogP contribution < -0.4 is 10.6 Å². The highest BCUT2D eigenvalue weighted by Gasteiger charge is 2.33. The van der Waals surface area contributed by atoms with Gasteiger partial charge in [-0.25, -0.2) is 4.68 Å². The van der Waals surface area contributed by atoms with E-state index in [0.717, 1.165) is 17.5 Å². The highest BCUT2D eigenvalue weighted by molar-refractivity contribution is 5.79. The largest absolute Gasteiger partial charge is 0.416 e. The van der Waals surface area contributed by atoms with Gasteiger partial charge in [-0.05, 0) is 37.6 Å². The number of hydrogen-bond acceptors (Lipinski definition) is 2. The van der Waals surface area contributed by atoms with E-state index < -0.39 is 11.7 Å². The van der Waals surface area contributed by atoms with E-state index >= 15 is 0 Å². The lowest BCUT2D eigenvalue weighted by molar-refractivity contribution is -0.138. The minimum absolute atomic E-state index is 0.0452. The summed E-state index contributed by atoms with van der Waals surface area (Å²) < 4.78 is 42.1. The molecule has 0 amide bonds. The van der Waals surface area contributed by atoms with Gasteiger partial charge in [-0.15, -0.1) is 6.42 Å². The van der Waals surface area contributed by atoms with Crippen LogP contribution in [0.2, 0.25) is 0 Å². The number of hydrogen-bond donors (Lipinski definition) is 2. The fourth-order valence-corrected chi connectivity index (χ4v) is 2.54. The van der Waals surface area contributed by atoms with Crippen LogP contribution in [0.1, 0.15) is 22.5 Å². The van der Waals surface area contributed by atoms with Crippen LogP contribution in [0, 0.1) is 26.2 Å². The SMILES string of the molecule is C#CCNC(=NC)NCc1ccc(-n2nc(C)cc2C)cc1C(F)(F)F. The summed E-state index contributed by atoms with van der Waals surface area (Å²) in [4.78, 5) is 3.92. The quantitative estimate of drug-likeness (QED) is 0.499. The van der Waals surface area contributed by atoms with Crippen LogP contribution in [0.15, 0.2) is 29.3 Å². The zero-order valence-corrected chi connectivity index (χ0v) is 14.8. The van der Waals surface area contributed by atoms with Crippen molar-refractivity contribution in [2.45, 2.75) is 26.6 Å². The fourth-order valence-electron chi connectivity index (χ4n) is 2.54. The van der Waals surface area contributed by atoms with E-state index in [-0.39, 0.29) is 18.7 Å². The molecule has 5 nitrogen and oxygen atoms in total. The van der Waals surface area contributed by atoms with E-state index in [4.69, 9.17) is 6.42 Å². The molecule has 0 aliphatic carbocycles. The predicted molar refractivity (Wildman–Crippen MR) is 95.1 cm³/mol. The van der Waals surface area contributed by atoms with E-state index in [9.17, 15) is 13.2 Å². The van der Waals surface area contributed by atoms with E-state index in [0.29, 0.717) is 11.6 Å². The zero-order chi connectivity index (χ0) is 19.3. The van der Waals surface area contributed by atoms with Crippen molar-refractivity contribution in [1.29, 1.82) is 0 Å². The lowest BCUT2D eigenvalue weighted by Crippen LogP contribution is -2.37. The minimum Gasteiger partial charge on any atom is -0.352 e. The molecule has 0 fully saturated rings. The normalized spacial score (nSPS) is 12.0. The summed E-state index contributed by atoms with van der Waals surface area (Å²) in [5.41, 5.74) is 1.25. The van der Waals surface area contributed by atoms with Gasteiger partial charge in [0.15, 0.2) is 5.96 Å². The van der Waals surface area contributed by atoms with Crippen molar-refractivity contribution < 1.29 is 13.2 Å². The van der Waals surface area contributed by atoms with E-state index in [1.165, 1.54) is 17.8 Å². The lowest BCUT2D eigenvalue weighted by Gasteiger charge is -2.17. The van der Waals surface area contributed by atoms with Crippen LogP contribution in [0.3, 0.4) is 0 Å². The van der Waals surface area contributed by atoms with Crippen molar-refractivity contribution in [2.75, 3.05) is 13.6 Å². The molecule has 0 aliphatic heterocycles. The van der Waals surface area contributed by atoms with Crippen LogP contribution >= 0.6 is 0 Å². The van der Waals surface area contributed by atoms with Gasteiger partial charge in [-0.1, -0.05) is 12.0 Å². The molecule has 0 bridgehead atoms. The molecule has 0 radical (unpaired) electrons. The molecule has 0 spiro atoms. The third-order valence-electron chi connectivity index (χ3n) is 3.68. The molecular weight excluding hydrogens is 343 g/mol. The number of nitrogens with one attached hydrogen (secondary N) is 2. The summed E-state index contributed by atoms with van der Waals surface area (Å²) in [6.45, 7) is 3.77. The molecule has 2 rings (SSSR count). The fraction of sp³-hybridized carbons (Fsp3) is 0.333. The maximum absolute atomic E-state index is 13.5. The number of guanidine groups is 1. The predicted octanol–water partition coefficient (Wildman–Crippen LogP) is 2.81. The molecule has 1 aromatic heterocycles. The third-order valence-corrected chi connectivity index (χ3v) is 3.68. The maximum atomic E-state index is 13.5. The molecule has 2 N–H and O–H groups in total. The van der Waals surface area contributed by atoms with Crippen LogP contribution in [0.5, 0.6) is 0 Å². The van der Waals surface area contributed by atoms with Gasteiger partial charge in [0.1, 0.15) is 0 Å². The minimum atomic E-state index is -4.49. The van der Waals surface area contributed by atoms with Gasteiger partial charge in [0.05, 0.1) is 23.5 Å². The van der Waals surface area contributed by atoms with Crippen LogP contribution in [0.25, 0.3) is 5.69 Å². The van der Waals surface area contributed by atoms with Crippen molar-refractivity contribution >= 4 is 5.96 Å². The number of aliphatic imine (C=N–C) groups is 1. The summed E-state index contributed by atoms with van der Waals surface area (Å²) in [5, 5.41) is 9.87. The molecule has 1 aromatic carbocycles. The van der Waals surface area contributed by atoms with Crippen molar-refractivity contribution in [3.05, 3.63) is 46.8 Å². The molecule has 0 saturated heterocycles. The maximum Gasteiger partial charge on any atom is 0.416 e. The van der Waals surface area contributed by atoms with Gasteiger partial charge in [0.2, 0.25) is 0 Å². The Morgan fingerprint density at radius 3 is 2.54 bits per heavy atom. The molecule has 0 atom stereocenters. The van der Waals surface area contributed by atoms with Gasteiger partial charge in [0, 0.05) is 19.3 Å². The summed E-state index contributed by atoms with van der Waals surface area (Å²) in [7, 11) is 1.52. The summed E-state index contributed by atoms with van der Waals surface area (Å²) >= 11 is 0. The Morgan fingerprint density at radius 1 is 1.27 bits per heavy atom. The Bertz CT molecular complexity index is 843. The second-order valence-corrected chi connectivity index (χ2v) is 5.66. The number of halogens is 3. The zero-order valence-electron chi connectivity index (χ0n) is 14.8. The summed E-state index contributed by atoms with van der Waals surface area (Å²) in [5.74, 6) is 2.71. The Balaban J connectivity index is 2.33. The van der Waals surface area contributed by atoms with Gasteiger partial charge in [-0.2, -0.15) is 18.3 Å².